The number of carbonyl (C=O) groups excluding carboxylic acids is 1. The quantitative estimate of drug-likeness (QED) is 0.206. The van der Waals surface area contributed by atoms with Crippen molar-refractivity contribution in [1.82, 2.24) is 0 Å². The number of benzene rings is 1. The molecule has 2 rings (SSSR count). The first-order valence-corrected chi connectivity index (χ1v) is 10.9. The van der Waals surface area contributed by atoms with Crippen LogP contribution >= 0.6 is 11.8 Å². The number of ketones is 1. The molecule has 0 spiro atoms. The fourth-order valence-corrected chi connectivity index (χ4v) is 4.19. The Hall–Kier alpha value is -1.02. The monoisotopic (exact) mass is 344 g/mol. The van der Waals surface area contributed by atoms with Crippen LogP contribution in [0.4, 0.5) is 0 Å². The first kappa shape index (κ1) is 19.3. The summed E-state index contributed by atoms with van der Waals surface area (Å²) in [5, 5.41) is 0. The molecule has 1 saturated carbocycles. The Kier molecular flexibility index (Phi) is 8.66. The minimum Gasteiger partial charge on any atom is -0.293 e. The molecule has 0 radical (unpaired) electrons. The summed E-state index contributed by atoms with van der Waals surface area (Å²) in [7, 11) is 0. The highest BCUT2D eigenvalue weighted by Gasteiger charge is 2.21. The molecular formula is C22H32OS. The summed E-state index contributed by atoms with van der Waals surface area (Å²) in [5.74, 6) is 0.401. The van der Waals surface area contributed by atoms with E-state index in [9.17, 15) is 4.79 Å². The van der Waals surface area contributed by atoms with Gasteiger partial charge in [-0.3, -0.25) is 4.79 Å². The molecular weight excluding hydrogens is 312 g/mol. The molecule has 0 aliphatic heterocycles. The van der Waals surface area contributed by atoms with Crippen LogP contribution in [0.15, 0.2) is 40.8 Å². The van der Waals surface area contributed by atoms with E-state index < -0.39 is 0 Å². The smallest absolute Gasteiger partial charge is 0.170 e. The van der Waals surface area contributed by atoms with E-state index in [1.165, 1.54) is 56.9 Å². The molecule has 1 aromatic carbocycles. The molecule has 1 aliphatic carbocycles. The molecule has 1 aromatic rings. The number of unbranched alkanes of at least 4 members (excludes halogenated alkanes) is 3. The van der Waals surface area contributed by atoms with Crippen molar-refractivity contribution in [2.24, 2.45) is 5.92 Å². The first-order chi connectivity index (χ1) is 11.8. The number of thioether (sulfide) groups is 1. The van der Waals surface area contributed by atoms with Crippen LogP contribution in [0.3, 0.4) is 0 Å². The van der Waals surface area contributed by atoms with Crippen LogP contribution in [-0.2, 0) is 0 Å². The lowest BCUT2D eigenvalue weighted by Crippen LogP contribution is -2.15. The zero-order valence-electron chi connectivity index (χ0n) is 15.4. The van der Waals surface area contributed by atoms with E-state index in [2.05, 4.69) is 25.3 Å². The number of allylic oxidation sites excluding steroid dienone is 2. The minimum absolute atomic E-state index is 0.0725. The van der Waals surface area contributed by atoms with Crippen LogP contribution < -0.4 is 0 Å². The van der Waals surface area contributed by atoms with Gasteiger partial charge >= 0.3 is 0 Å². The SMILES string of the molecule is CCCCCCC(C=C1CCCCC1)C(=O)c1ccccc1SC. The minimum atomic E-state index is 0.0725. The fourth-order valence-electron chi connectivity index (χ4n) is 3.59. The van der Waals surface area contributed by atoms with Crippen molar-refractivity contribution in [2.75, 3.05) is 6.26 Å². The van der Waals surface area contributed by atoms with Crippen molar-refractivity contribution >= 4 is 17.5 Å². The van der Waals surface area contributed by atoms with Gasteiger partial charge in [-0.1, -0.05) is 68.9 Å². The van der Waals surface area contributed by atoms with Crippen LogP contribution in [0.2, 0.25) is 0 Å². The fraction of sp³-hybridized carbons (Fsp3) is 0.591. The number of Topliss-reactive ketones (excluding diaryl/α,β-unsaturated/α-hetero) is 1. The molecule has 24 heavy (non-hydrogen) atoms. The predicted octanol–water partition coefficient (Wildman–Crippen LogP) is 7.07. The van der Waals surface area contributed by atoms with Gasteiger partial charge < -0.3 is 0 Å². The second-order valence-electron chi connectivity index (χ2n) is 6.91. The second-order valence-corrected chi connectivity index (χ2v) is 7.75. The molecule has 0 saturated heterocycles. The lowest BCUT2D eigenvalue weighted by Gasteiger charge is -2.19. The largest absolute Gasteiger partial charge is 0.293 e. The summed E-state index contributed by atoms with van der Waals surface area (Å²) < 4.78 is 0. The van der Waals surface area contributed by atoms with Crippen molar-refractivity contribution in [3.8, 4) is 0 Å². The Morgan fingerprint density at radius 3 is 2.58 bits per heavy atom. The normalized spacial score (nSPS) is 16.0. The average molecular weight is 345 g/mol. The van der Waals surface area contributed by atoms with Crippen molar-refractivity contribution in [3.63, 3.8) is 0 Å². The molecule has 132 valence electrons. The third-order valence-electron chi connectivity index (χ3n) is 5.01. The third kappa shape index (κ3) is 5.81. The Bertz CT molecular complexity index is 539. The van der Waals surface area contributed by atoms with Crippen LogP contribution in [-0.4, -0.2) is 12.0 Å². The van der Waals surface area contributed by atoms with Gasteiger partial charge in [-0.2, -0.15) is 0 Å². The molecule has 0 aromatic heterocycles. The van der Waals surface area contributed by atoms with Gasteiger partial charge in [0.15, 0.2) is 5.78 Å². The number of rotatable bonds is 9. The molecule has 1 aliphatic rings. The van der Waals surface area contributed by atoms with E-state index in [-0.39, 0.29) is 5.92 Å². The van der Waals surface area contributed by atoms with E-state index in [0.29, 0.717) is 5.78 Å². The topological polar surface area (TPSA) is 17.1 Å². The maximum atomic E-state index is 13.2. The molecule has 0 amide bonds. The second kappa shape index (κ2) is 10.8. The maximum Gasteiger partial charge on any atom is 0.170 e. The summed E-state index contributed by atoms with van der Waals surface area (Å²) in [6.07, 6.45) is 16.7. The van der Waals surface area contributed by atoms with Crippen molar-refractivity contribution in [3.05, 3.63) is 41.5 Å². The highest BCUT2D eigenvalue weighted by atomic mass is 32.2. The summed E-state index contributed by atoms with van der Waals surface area (Å²) in [4.78, 5) is 14.3. The third-order valence-corrected chi connectivity index (χ3v) is 5.81. The van der Waals surface area contributed by atoms with E-state index in [1.54, 1.807) is 11.8 Å². The molecule has 1 fully saturated rings. The van der Waals surface area contributed by atoms with Gasteiger partial charge in [-0.25, -0.2) is 0 Å². The summed E-state index contributed by atoms with van der Waals surface area (Å²) in [5.41, 5.74) is 2.44. The van der Waals surface area contributed by atoms with Crippen molar-refractivity contribution < 1.29 is 4.79 Å². The highest BCUT2D eigenvalue weighted by molar-refractivity contribution is 7.98. The van der Waals surface area contributed by atoms with Crippen LogP contribution in [0, 0.1) is 5.92 Å². The zero-order chi connectivity index (χ0) is 17.2. The van der Waals surface area contributed by atoms with E-state index in [0.717, 1.165) is 23.3 Å². The van der Waals surface area contributed by atoms with E-state index in [4.69, 9.17) is 0 Å². The molecule has 1 atom stereocenters. The van der Waals surface area contributed by atoms with E-state index >= 15 is 0 Å². The Morgan fingerprint density at radius 1 is 1.12 bits per heavy atom. The molecule has 0 bridgehead atoms. The summed E-state index contributed by atoms with van der Waals surface area (Å²) >= 11 is 1.68. The summed E-state index contributed by atoms with van der Waals surface area (Å²) in [6, 6.07) is 8.10. The lowest BCUT2D eigenvalue weighted by atomic mass is 9.86. The Labute approximate surface area is 152 Å². The van der Waals surface area contributed by atoms with Gasteiger partial charge in [0.1, 0.15) is 0 Å². The van der Waals surface area contributed by atoms with Gasteiger partial charge in [0.2, 0.25) is 0 Å². The predicted molar refractivity (Wildman–Crippen MR) is 106 cm³/mol. The lowest BCUT2D eigenvalue weighted by molar-refractivity contribution is 0.0935. The van der Waals surface area contributed by atoms with E-state index in [1.807, 2.05) is 18.2 Å². The van der Waals surface area contributed by atoms with Gasteiger partial charge in [-0.05, 0) is 44.4 Å². The number of carbonyl (C=O) groups is 1. The summed E-state index contributed by atoms with van der Waals surface area (Å²) in [6.45, 7) is 2.24. The highest BCUT2D eigenvalue weighted by Crippen LogP contribution is 2.29. The molecule has 1 unspecified atom stereocenters. The number of hydrogen-bond donors (Lipinski definition) is 0. The van der Waals surface area contributed by atoms with Gasteiger partial charge in [0, 0.05) is 16.4 Å². The molecule has 2 heteroatoms. The molecule has 1 nitrogen and oxygen atoms in total. The van der Waals surface area contributed by atoms with Gasteiger partial charge in [0.05, 0.1) is 0 Å². The standard InChI is InChI=1S/C22H32OS/c1-3-4-5-9-14-19(17-18-12-7-6-8-13-18)22(23)20-15-10-11-16-21(20)24-2/h10-11,15-17,19H,3-9,12-14H2,1-2H3. The Balaban J connectivity index is 2.15. The van der Waals surface area contributed by atoms with Crippen LogP contribution in [0.25, 0.3) is 0 Å². The van der Waals surface area contributed by atoms with Gasteiger partial charge in [0.25, 0.3) is 0 Å². The average Bonchev–Trinajstić information content (AvgIpc) is 2.64. The first-order valence-electron chi connectivity index (χ1n) is 9.63. The number of hydrogen-bond acceptors (Lipinski definition) is 2. The van der Waals surface area contributed by atoms with Crippen LogP contribution in [0.1, 0.15) is 81.5 Å². The van der Waals surface area contributed by atoms with Crippen molar-refractivity contribution in [1.29, 1.82) is 0 Å². The maximum absolute atomic E-state index is 13.2. The van der Waals surface area contributed by atoms with Crippen LogP contribution in [0.5, 0.6) is 0 Å². The van der Waals surface area contributed by atoms with Gasteiger partial charge in [-0.15, -0.1) is 11.8 Å². The van der Waals surface area contributed by atoms with Crippen molar-refractivity contribution in [2.45, 2.75) is 76.0 Å². The Morgan fingerprint density at radius 2 is 1.88 bits per heavy atom. The zero-order valence-corrected chi connectivity index (χ0v) is 16.2. The molecule has 0 N–H and O–H groups in total. The molecule has 0 heterocycles.